The van der Waals surface area contributed by atoms with Crippen LogP contribution in [0.3, 0.4) is 0 Å². The molecule has 0 atom stereocenters. The topological polar surface area (TPSA) is 110 Å². The van der Waals surface area contributed by atoms with Crippen LogP contribution in [0.15, 0.2) is 59.9 Å². The van der Waals surface area contributed by atoms with Crippen molar-refractivity contribution in [3.8, 4) is 5.82 Å². The maximum absolute atomic E-state index is 13.2. The van der Waals surface area contributed by atoms with Gasteiger partial charge in [-0.2, -0.15) is 9.40 Å². The van der Waals surface area contributed by atoms with Crippen LogP contribution >= 0.6 is 0 Å². The molecule has 0 radical (unpaired) electrons. The van der Waals surface area contributed by atoms with Crippen molar-refractivity contribution in [1.29, 1.82) is 0 Å². The normalized spacial score (nSPS) is 14.6. The fourth-order valence-electron chi connectivity index (χ4n) is 3.81. The van der Waals surface area contributed by atoms with Gasteiger partial charge in [0, 0.05) is 44.8 Å². The van der Waals surface area contributed by atoms with Gasteiger partial charge in [0.05, 0.1) is 35.0 Å². The lowest BCUT2D eigenvalue weighted by atomic mass is 10.2. The first-order valence-electron chi connectivity index (χ1n) is 11.2. The Kier molecular flexibility index (Phi) is 7.25. The minimum absolute atomic E-state index is 0.132. The van der Waals surface area contributed by atoms with Gasteiger partial charge in [0.15, 0.2) is 5.82 Å². The molecule has 1 N–H and O–H groups in total. The standard InChI is InChI=1S/C23H28N6O4S/c1-3-27(4-2)21-8-7-19(34(31,32)28-12-14-33-15-13-28)16-20(21)26-23(30)18-6-9-22(24-17-18)29-11-5-10-25-29/h5-11,16-17H,3-4,12-15H2,1-2H3,(H,26,30). The van der Waals surface area contributed by atoms with Crippen molar-refractivity contribution in [2.45, 2.75) is 18.7 Å². The van der Waals surface area contributed by atoms with Gasteiger partial charge in [-0.25, -0.2) is 18.1 Å². The Morgan fingerprint density at radius 3 is 2.53 bits per heavy atom. The van der Waals surface area contributed by atoms with Gasteiger partial charge in [0.1, 0.15) is 0 Å². The quantitative estimate of drug-likeness (QED) is 0.523. The number of sulfonamides is 1. The highest BCUT2D eigenvalue weighted by Crippen LogP contribution is 2.31. The van der Waals surface area contributed by atoms with E-state index < -0.39 is 10.0 Å². The molecule has 3 aromatic rings. The van der Waals surface area contributed by atoms with Crippen molar-refractivity contribution in [3.05, 3.63) is 60.6 Å². The van der Waals surface area contributed by atoms with E-state index in [1.807, 2.05) is 13.8 Å². The number of rotatable bonds is 8. The van der Waals surface area contributed by atoms with Crippen molar-refractivity contribution in [2.24, 2.45) is 0 Å². The zero-order valence-corrected chi connectivity index (χ0v) is 20.0. The molecule has 34 heavy (non-hydrogen) atoms. The van der Waals surface area contributed by atoms with Gasteiger partial charge in [0.2, 0.25) is 10.0 Å². The highest BCUT2D eigenvalue weighted by molar-refractivity contribution is 7.89. The number of carbonyl (C=O) groups excluding carboxylic acids is 1. The van der Waals surface area contributed by atoms with Crippen LogP contribution in [0.4, 0.5) is 11.4 Å². The Morgan fingerprint density at radius 2 is 1.91 bits per heavy atom. The maximum Gasteiger partial charge on any atom is 0.257 e. The number of benzene rings is 1. The molecule has 1 aliphatic rings. The van der Waals surface area contributed by atoms with Crippen LogP contribution in [-0.2, 0) is 14.8 Å². The van der Waals surface area contributed by atoms with Crippen molar-refractivity contribution < 1.29 is 17.9 Å². The molecule has 3 heterocycles. The Balaban J connectivity index is 1.64. The minimum atomic E-state index is -3.71. The predicted molar refractivity (Wildman–Crippen MR) is 129 cm³/mol. The highest BCUT2D eigenvalue weighted by atomic mass is 32.2. The minimum Gasteiger partial charge on any atom is -0.379 e. The number of anilines is 2. The van der Waals surface area contributed by atoms with Crippen LogP contribution < -0.4 is 10.2 Å². The number of carbonyl (C=O) groups is 1. The number of aromatic nitrogens is 3. The van der Waals surface area contributed by atoms with E-state index in [2.05, 4.69) is 20.3 Å². The second-order valence-electron chi connectivity index (χ2n) is 7.68. The molecule has 180 valence electrons. The fraction of sp³-hybridized carbons (Fsp3) is 0.348. The summed E-state index contributed by atoms with van der Waals surface area (Å²) in [4.78, 5) is 19.6. The molecule has 1 aliphatic heterocycles. The molecule has 0 aliphatic carbocycles. The van der Waals surface area contributed by atoms with Crippen LogP contribution in [0.25, 0.3) is 5.82 Å². The summed E-state index contributed by atoms with van der Waals surface area (Å²) >= 11 is 0. The lowest BCUT2D eigenvalue weighted by Crippen LogP contribution is -2.40. The third-order valence-corrected chi connectivity index (χ3v) is 7.57. The van der Waals surface area contributed by atoms with Gasteiger partial charge in [0.25, 0.3) is 5.91 Å². The largest absolute Gasteiger partial charge is 0.379 e. The van der Waals surface area contributed by atoms with E-state index in [9.17, 15) is 13.2 Å². The van der Waals surface area contributed by atoms with E-state index in [4.69, 9.17) is 4.74 Å². The average Bonchev–Trinajstić information content (AvgIpc) is 3.41. The van der Waals surface area contributed by atoms with E-state index in [-0.39, 0.29) is 10.8 Å². The summed E-state index contributed by atoms with van der Waals surface area (Å²) in [6.45, 7) is 6.75. The van der Waals surface area contributed by atoms with E-state index >= 15 is 0 Å². The molecule has 10 nitrogen and oxygen atoms in total. The molecule has 1 saturated heterocycles. The number of nitrogens with zero attached hydrogens (tertiary/aromatic N) is 5. The van der Waals surface area contributed by atoms with Gasteiger partial charge < -0.3 is 15.0 Å². The summed E-state index contributed by atoms with van der Waals surface area (Å²) in [5, 5.41) is 7.02. The smallest absolute Gasteiger partial charge is 0.257 e. The van der Waals surface area contributed by atoms with E-state index in [0.29, 0.717) is 56.5 Å². The SMILES string of the molecule is CCN(CC)c1ccc(S(=O)(=O)N2CCOCC2)cc1NC(=O)c1ccc(-n2cccn2)nc1. The maximum atomic E-state index is 13.2. The molecule has 0 bridgehead atoms. The van der Waals surface area contributed by atoms with Gasteiger partial charge >= 0.3 is 0 Å². The predicted octanol–water partition coefficient (Wildman–Crippen LogP) is 2.39. The van der Waals surface area contributed by atoms with Crippen LogP contribution in [0.2, 0.25) is 0 Å². The summed E-state index contributed by atoms with van der Waals surface area (Å²) in [6.07, 6.45) is 4.88. The Labute approximate surface area is 199 Å². The van der Waals surface area contributed by atoms with Crippen LogP contribution in [0.5, 0.6) is 0 Å². The molecule has 11 heteroatoms. The third kappa shape index (κ3) is 4.96. The molecule has 4 rings (SSSR count). The van der Waals surface area contributed by atoms with E-state index in [1.54, 1.807) is 47.4 Å². The zero-order chi connectivity index (χ0) is 24.1. The lowest BCUT2D eigenvalue weighted by Gasteiger charge is -2.28. The van der Waals surface area contributed by atoms with Crippen molar-refractivity contribution in [3.63, 3.8) is 0 Å². The second-order valence-corrected chi connectivity index (χ2v) is 9.62. The molecule has 2 aromatic heterocycles. The number of amides is 1. The zero-order valence-electron chi connectivity index (χ0n) is 19.2. The van der Waals surface area contributed by atoms with Crippen molar-refractivity contribution in [1.82, 2.24) is 19.1 Å². The van der Waals surface area contributed by atoms with Crippen LogP contribution in [0, 0.1) is 0 Å². The van der Waals surface area contributed by atoms with Gasteiger partial charge in [-0.15, -0.1) is 0 Å². The lowest BCUT2D eigenvalue weighted by molar-refractivity contribution is 0.0730. The summed E-state index contributed by atoms with van der Waals surface area (Å²) in [6, 6.07) is 10.0. The monoisotopic (exact) mass is 484 g/mol. The summed E-state index contributed by atoms with van der Waals surface area (Å²) in [5.74, 6) is 0.206. The number of pyridine rings is 1. The average molecular weight is 485 g/mol. The summed E-state index contributed by atoms with van der Waals surface area (Å²) in [7, 11) is -3.71. The first-order chi connectivity index (χ1) is 16.4. The number of hydrogen-bond acceptors (Lipinski definition) is 7. The van der Waals surface area contributed by atoms with Gasteiger partial charge in [-0.3, -0.25) is 4.79 Å². The molecular weight excluding hydrogens is 456 g/mol. The third-order valence-electron chi connectivity index (χ3n) is 5.68. The van der Waals surface area contributed by atoms with Crippen LogP contribution in [-0.4, -0.2) is 72.8 Å². The van der Waals surface area contributed by atoms with Crippen molar-refractivity contribution in [2.75, 3.05) is 49.6 Å². The van der Waals surface area contributed by atoms with Gasteiger partial charge in [-0.05, 0) is 50.2 Å². The number of morpholine rings is 1. The number of hydrogen-bond donors (Lipinski definition) is 1. The highest BCUT2D eigenvalue weighted by Gasteiger charge is 2.27. The summed E-state index contributed by atoms with van der Waals surface area (Å²) in [5.41, 5.74) is 1.53. The molecule has 1 amide bonds. The Hall–Kier alpha value is -3.28. The molecule has 1 fully saturated rings. The number of ether oxygens (including phenoxy) is 1. The van der Waals surface area contributed by atoms with E-state index in [1.165, 1.54) is 16.6 Å². The fourth-order valence-corrected chi connectivity index (χ4v) is 5.24. The second kappa shape index (κ2) is 10.3. The molecule has 0 spiro atoms. The van der Waals surface area contributed by atoms with Gasteiger partial charge in [-0.1, -0.05) is 0 Å². The van der Waals surface area contributed by atoms with Crippen molar-refractivity contribution >= 4 is 27.3 Å². The van der Waals surface area contributed by atoms with E-state index in [0.717, 1.165) is 5.69 Å². The number of nitrogens with one attached hydrogen (secondary N) is 1. The molecular formula is C23H28N6O4S. The van der Waals surface area contributed by atoms with Crippen LogP contribution in [0.1, 0.15) is 24.2 Å². The molecule has 0 unspecified atom stereocenters. The Bertz CT molecular complexity index is 1220. The first kappa shape index (κ1) is 23.9. The molecule has 0 saturated carbocycles. The first-order valence-corrected chi connectivity index (χ1v) is 12.6. The Morgan fingerprint density at radius 1 is 1.15 bits per heavy atom. The molecule has 1 aromatic carbocycles. The summed E-state index contributed by atoms with van der Waals surface area (Å²) < 4.78 is 34.7.